The van der Waals surface area contributed by atoms with E-state index < -0.39 is 0 Å². The van der Waals surface area contributed by atoms with Gasteiger partial charge in [0.05, 0.1) is 11.2 Å². The number of nitrogens with zero attached hydrogens (tertiary/aromatic N) is 2. The second kappa shape index (κ2) is 10.1. The fraction of sp³-hybridized carbons (Fsp3) is 0.304. The first-order valence-corrected chi connectivity index (χ1v) is 12.1. The number of thioether (sulfide) groups is 1. The lowest BCUT2D eigenvalue weighted by atomic mass is 10.1. The summed E-state index contributed by atoms with van der Waals surface area (Å²) >= 11 is 3.56. The van der Waals surface area contributed by atoms with Gasteiger partial charge >= 0.3 is 0 Å². The lowest BCUT2D eigenvalue weighted by Gasteiger charge is -2.26. The lowest BCUT2D eigenvalue weighted by molar-refractivity contribution is 0.102. The van der Waals surface area contributed by atoms with E-state index in [2.05, 4.69) is 27.3 Å². The molecule has 2 heterocycles. The second-order valence-corrected chi connectivity index (χ2v) is 9.23. The highest BCUT2D eigenvalue weighted by Gasteiger charge is 2.13. The van der Waals surface area contributed by atoms with Crippen LogP contribution in [-0.4, -0.2) is 40.4 Å². The zero-order valence-electron chi connectivity index (χ0n) is 17.0. The number of anilines is 1. The Bertz CT molecular complexity index is 986. The van der Waals surface area contributed by atoms with Crippen molar-refractivity contribution in [2.45, 2.75) is 20.1 Å². The molecule has 7 heteroatoms. The summed E-state index contributed by atoms with van der Waals surface area (Å²) in [5.74, 6) is 2.93. The van der Waals surface area contributed by atoms with Gasteiger partial charge in [-0.05, 0) is 42.3 Å². The van der Waals surface area contributed by atoms with Gasteiger partial charge in [0.25, 0.3) is 5.91 Å². The van der Waals surface area contributed by atoms with E-state index in [-0.39, 0.29) is 5.91 Å². The summed E-state index contributed by atoms with van der Waals surface area (Å²) in [6.45, 7) is 5.68. The molecule has 2 aromatic carbocycles. The molecule has 0 atom stereocenters. The maximum Gasteiger partial charge on any atom is 0.255 e. The van der Waals surface area contributed by atoms with Crippen molar-refractivity contribution in [2.24, 2.45) is 0 Å². The van der Waals surface area contributed by atoms with Gasteiger partial charge in [0.1, 0.15) is 12.4 Å². The van der Waals surface area contributed by atoms with Gasteiger partial charge in [-0.3, -0.25) is 9.69 Å². The van der Waals surface area contributed by atoms with Crippen LogP contribution in [0.1, 0.15) is 27.2 Å². The number of ether oxygens (including phenoxy) is 1. The highest BCUT2D eigenvalue weighted by molar-refractivity contribution is 7.99. The van der Waals surface area contributed by atoms with Crippen molar-refractivity contribution in [3.05, 3.63) is 75.7 Å². The molecule has 0 spiro atoms. The number of nitrogens with one attached hydrogen (secondary N) is 1. The first-order chi connectivity index (χ1) is 14.7. The fourth-order valence-corrected chi connectivity index (χ4v) is 4.89. The Morgan fingerprint density at radius 2 is 2.07 bits per heavy atom. The molecule has 5 nitrogen and oxygen atoms in total. The molecular weight excluding hydrogens is 414 g/mol. The molecule has 1 aliphatic heterocycles. The van der Waals surface area contributed by atoms with E-state index in [0.717, 1.165) is 36.6 Å². The third-order valence-corrected chi connectivity index (χ3v) is 6.59. The minimum absolute atomic E-state index is 0.141. The van der Waals surface area contributed by atoms with Gasteiger partial charge in [-0.25, -0.2) is 4.98 Å². The van der Waals surface area contributed by atoms with Gasteiger partial charge in [-0.2, -0.15) is 11.8 Å². The number of hydrogen-bond donors (Lipinski definition) is 1. The Hall–Kier alpha value is -2.35. The molecule has 1 N–H and O–H groups in total. The van der Waals surface area contributed by atoms with Crippen molar-refractivity contribution in [1.29, 1.82) is 0 Å². The Morgan fingerprint density at radius 3 is 2.83 bits per heavy atom. The molecule has 0 saturated carbocycles. The maximum absolute atomic E-state index is 12.8. The highest BCUT2D eigenvalue weighted by atomic mass is 32.2. The first kappa shape index (κ1) is 20.9. The molecule has 30 heavy (non-hydrogen) atoms. The summed E-state index contributed by atoms with van der Waals surface area (Å²) < 4.78 is 5.76. The van der Waals surface area contributed by atoms with Crippen LogP contribution in [0.5, 0.6) is 5.75 Å². The first-order valence-electron chi connectivity index (χ1n) is 9.98. The van der Waals surface area contributed by atoms with Crippen LogP contribution in [-0.2, 0) is 13.2 Å². The van der Waals surface area contributed by atoms with Crippen LogP contribution in [0.25, 0.3) is 0 Å². The molecule has 1 aliphatic rings. The van der Waals surface area contributed by atoms with Gasteiger partial charge in [0.15, 0.2) is 0 Å². The number of carbonyl (C=O) groups is 1. The number of aryl methyl sites for hydroxylation is 1. The van der Waals surface area contributed by atoms with Gasteiger partial charge < -0.3 is 10.1 Å². The molecule has 0 radical (unpaired) electrons. The van der Waals surface area contributed by atoms with Crippen molar-refractivity contribution < 1.29 is 9.53 Å². The molecule has 1 aromatic heterocycles. The number of benzene rings is 2. The summed E-state index contributed by atoms with van der Waals surface area (Å²) in [5.41, 5.74) is 6.43. The smallest absolute Gasteiger partial charge is 0.255 e. The SMILES string of the molecule is Cc1cc(CN2CCSCC2)ccc1NC(=O)c1cccc(OCc2cscn2)c1. The standard InChI is InChI=1S/C23H25N3O2S2/c1-17-11-18(13-26-7-9-29-10-8-26)5-6-22(17)25-23(27)19-3-2-4-21(12-19)28-14-20-15-30-16-24-20/h2-6,11-12,15-16H,7-10,13-14H2,1H3,(H,25,27). The van der Waals surface area contributed by atoms with Gasteiger partial charge in [0, 0.05) is 47.8 Å². The lowest BCUT2D eigenvalue weighted by Crippen LogP contribution is -2.31. The van der Waals surface area contributed by atoms with Crippen molar-refractivity contribution in [3.8, 4) is 5.75 Å². The molecule has 4 rings (SSSR count). The summed E-state index contributed by atoms with van der Waals surface area (Å²) in [6.07, 6.45) is 0. The quantitative estimate of drug-likeness (QED) is 0.571. The van der Waals surface area contributed by atoms with Crippen molar-refractivity contribution >= 4 is 34.7 Å². The molecule has 1 fully saturated rings. The summed E-state index contributed by atoms with van der Waals surface area (Å²) in [6, 6.07) is 13.5. The molecule has 0 aliphatic carbocycles. The van der Waals surface area contributed by atoms with E-state index in [9.17, 15) is 4.79 Å². The predicted octanol–water partition coefficient (Wildman–Crippen LogP) is 4.83. The monoisotopic (exact) mass is 439 g/mol. The fourth-order valence-electron chi connectivity index (χ4n) is 3.37. The average molecular weight is 440 g/mol. The van der Waals surface area contributed by atoms with Crippen molar-refractivity contribution in [1.82, 2.24) is 9.88 Å². The third-order valence-electron chi connectivity index (χ3n) is 5.02. The van der Waals surface area contributed by atoms with Gasteiger partial charge in [0.2, 0.25) is 0 Å². The largest absolute Gasteiger partial charge is 0.487 e. The zero-order valence-corrected chi connectivity index (χ0v) is 18.6. The van der Waals surface area contributed by atoms with Crippen LogP contribution in [0.15, 0.2) is 53.4 Å². The zero-order chi connectivity index (χ0) is 20.8. The van der Waals surface area contributed by atoms with Crippen LogP contribution in [0.4, 0.5) is 5.69 Å². The van der Waals surface area contributed by atoms with Crippen LogP contribution >= 0.6 is 23.1 Å². The minimum atomic E-state index is -0.141. The van der Waals surface area contributed by atoms with Crippen LogP contribution in [0.2, 0.25) is 0 Å². The predicted molar refractivity (Wildman–Crippen MR) is 125 cm³/mol. The minimum Gasteiger partial charge on any atom is -0.487 e. The van der Waals surface area contributed by atoms with E-state index in [1.807, 2.05) is 42.3 Å². The van der Waals surface area contributed by atoms with E-state index in [4.69, 9.17) is 4.74 Å². The van der Waals surface area contributed by atoms with Crippen molar-refractivity contribution in [3.63, 3.8) is 0 Å². The van der Waals surface area contributed by atoms with E-state index in [1.165, 1.54) is 28.4 Å². The highest BCUT2D eigenvalue weighted by Crippen LogP contribution is 2.21. The molecule has 1 amide bonds. The second-order valence-electron chi connectivity index (χ2n) is 7.29. The van der Waals surface area contributed by atoms with Gasteiger partial charge in [-0.1, -0.05) is 18.2 Å². The molecular formula is C23H25N3O2S2. The summed E-state index contributed by atoms with van der Waals surface area (Å²) in [5, 5.41) is 4.98. The maximum atomic E-state index is 12.8. The average Bonchev–Trinajstić information content (AvgIpc) is 3.29. The number of amides is 1. The Kier molecular flexibility index (Phi) is 7.04. The summed E-state index contributed by atoms with van der Waals surface area (Å²) in [7, 11) is 0. The van der Waals surface area contributed by atoms with Crippen LogP contribution in [0.3, 0.4) is 0 Å². The summed E-state index contributed by atoms with van der Waals surface area (Å²) in [4.78, 5) is 19.5. The number of carbonyl (C=O) groups excluding carboxylic acids is 1. The Balaban J connectivity index is 1.37. The normalized spacial score (nSPS) is 14.4. The topological polar surface area (TPSA) is 54.5 Å². The number of hydrogen-bond acceptors (Lipinski definition) is 6. The number of aromatic nitrogens is 1. The molecule has 0 bridgehead atoms. The third kappa shape index (κ3) is 5.62. The van der Waals surface area contributed by atoms with Crippen molar-refractivity contribution in [2.75, 3.05) is 29.9 Å². The Labute approximate surface area is 185 Å². The molecule has 0 unspecified atom stereocenters. The van der Waals surface area contributed by atoms with E-state index in [0.29, 0.717) is 17.9 Å². The number of thiazole rings is 1. The van der Waals surface area contributed by atoms with Gasteiger partial charge in [-0.15, -0.1) is 11.3 Å². The number of rotatable bonds is 7. The van der Waals surface area contributed by atoms with Crippen LogP contribution < -0.4 is 10.1 Å². The Morgan fingerprint density at radius 1 is 1.20 bits per heavy atom. The molecule has 1 saturated heterocycles. The molecule has 3 aromatic rings. The molecule has 156 valence electrons. The van der Waals surface area contributed by atoms with E-state index >= 15 is 0 Å². The van der Waals surface area contributed by atoms with E-state index in [1.54, 1.807) is 17.6 Å². The van der Waals surface area contributed by atoms with Crippen LogP contribution in [0, 0.1) is 6.92 Å².